The summed E-state index contributed by atoms with van der Waals surface area (Å²) in [5.41, 5.74) is 6.03. The lowest BCUT2D eigenvalue weighted by Gasteiger charge is -2.10. The average Bonchev–Trinajstić information content (AvgIpc) is 3.14. The number of anilines is 2. The molecule has 0 aromatic carbocycles. The quantitative estimate of drug-likeness (QED) is 0.496. The second kappa shape index (κ2) is 7.96. The summed E-state index contributed by atoms with van der Waals surface area (Å²) in [7, 11) is 0. The molecule has 3 aromatic heterocycles. The number of carbonyl (C=O) groups is 2. The van der Waals surface area contributed by atoms with Crippen molar-refractivity contribution in [1.29, 1.82) is 0 Å². The van der Waals surface area contributed by atoms with Crippen molar-refractivity contribution in [3.63, 3.8) is 0 Å². The first-order valence-corrected chi connectivity index (χ1v) is 8.11. The first kappa shape index (κ1) is 19.8. The van der Waals surface area contributed by atoms with Gasteiger partial charge in [0.15, 0.2) is 0 Å². The number of carbonyl (C=O) groups excluding carboxylic acids is 2. The van der Waals surface area contributed by atoms with E-state index < -0.39 is 24.5 Å². The molecule has 0 saturated heterocycles. The van der Waals surface area contributed by atoms with E-state index in [1.807, 2.05) is 0 Å². The number of hydrogen-bond donors (Lipinski definition) is 4. The summed E-state index contributed by atoms with van der Waals surface area (Å²) >= 11 is 0. The molecule has 2 amide bonds. The molecular weight excluding hydrogens is 391 g/mol. The Morgan fingerprint density at radius 1 is 1.21 bits per heavy atom. The van der Waals surface area contributed by atoms with E-state index in [-0.39, 0.29) is 22.9 Å². The monoisotopic (exact) mass is 405 g/mol. The molecule has 0 atom stereocenters. The van der Waals surface area contributed by atoms with Crippen LogP contribution in [0.25, 0.3) is 11.3 Å². The Labute approximate surface area is 161 Å². The SMILES string of the molecule is NC(=O)c1[nH]ncc1NC(=O)c1cccc(-c2ccnc(NCC(F)(F)F)c2)n1. The van der Waals surface area contributed by atoms with Crippen molar-refractivity contribution in [2.45, 2.75) is 6.18 Å². The summed E-state index contributed by atoms with van der Waals surface area (Å²) in [6.07, 6.45) is -1.83. The third kappa shape index (κ3) is 5.06. The third-order valence-corrected chi connectivity index (χ3v) is 3.64. The van der Waals surface area contributed by atoms with Crippen LogP contribution < -0.4 is 16.4 Å². The zero-order valence-electron chi connectivity index (χ0n) is 14.6. The fourth-order valence-corrected chi connectivity index (χ4v) is 2.35. The van der Waals surface area contributed by atoms with Gasteiger partial charge in [-0.3, -0.25) is 14.7 Å². The Bertz CT molecular complexity index is 1050. The molecule has 0 aliphatic heterocycles. The fourth-order valence-electron chi connectivity index (χ4n) is 2.35. The van der Waals surface area contributed by atoms with Gasteiger partial charge in [-0.05, 0) is 24.3 Å². The number of aromatic amines is 1. The minimum absolute atomic E-state index is 0.0146. The number of H-pyrrole nitrogens is 1. The molecule has 29 heavy (non-hydrogen) atoms. The molecule has 3 rings (SSSR count). The maximum Gasteiger partial charge on any atom is 0.405 e. The van der Waals surface area contributed by atoms with Gasteiger partial charge in [-0.25, -0.2) is 9.97 Å². The van der Waals surface area contributed by atoms with Crippen LogP contribution in [0.15, 0.2) is 42.7 Å². The lowest BCUT2D eigenvalue weighted by Crippen LogP contribution is -2.21. The molecule has 0 bridgehead atoms. The minimum Gasteiger partial charge on any atom is -0.364 e. The number of hydrogen-bond acceptors (Lipinski definition) is 6. The van der Waals surface area contributed by atoms with E-state index in [9.17, 15) is 22.8 Å². The summed E-state index contributed by atoms with van der Waals surface area (Å²) in [6, 6.07) is 7.52. The van der Waals surface area contributed by atoms with Crippen LogP contribution in [0.3, 0.4) is 0 Å². The molecule has 12 heteroatoms. The van der Waals surface area contributed by atoms with Crippen molar-refractivity contribution in [2.24, 2.45) is 5.73 Å². The number of pyridine rings is 2. The van der Waals surface area contributed by atoms with Crippen LogP contribution in [-0.4, -0.2) is 44.7 Å². The van der Waals surface area contributed by atoms with E-state index in [2.05, 4.69) is 30.8 Å². The van der Waals surface area contributed by atoms with Crippen molar-refractivity contribution in [3.8, 4) is 11.3 Å². The fraction of sp³-hybridized carbons (Fsp3) is 0.118. The van der Waals surface area contributed by atoms with Crippen LogP contribution in [0.5, 0.6) is 0 Å². The van der Waals surface area contributed by atoms with Gasteiger partial charge in [0.2, 0.25) is 0 Å². The van der Waals surface area contributed by atoms with Gasteiger partial charge in [-0.15, -0.1) is 0 Å². The minimum atomic E-state index is -4.38. The molecule has 150 valence electrons. The van der Waals surface area contributed by atoms with Crippen molar-refractivity contribution in [2.75, 3.05) is 17.2 Å². The Morgan fingerprint density at radius 3 is 2.72 bits per heavy atom. The Kier molecular flexibility index (Phi) is 5.43. The predicted octanol–water partition coefficient (Wildman–Crippen LogP) is 2.19. The zero-order chi connectivity index (χ0) is 21.0. The smallest absolute Gasteiger partial charge is 0.364 e. The van der Waals surface area contributed by atoms with Gasteiger partial charge in [0.05, 0.1) is 17.6 Å². The van der Waals surface area contributed by atoms with E-state index in [1.165, 1.54) is 24.5 Å². The Balaban J connectivity index is 1.80. The Morgan fingerprint density at radius 2 is 2.00 bits per heavy atom. The summed E-state index contributed by atoms with van der Waals surface area (Å²) in [4.78, 5) is 31.8. The second-order valence-electron chi connectivity index (χ2n) is 5.78. The van der Waals surface area contributed by atoms with Gasteiger partial charge >= 0.3 is 6.18 Å². The van der Waals surface area contributed by atoms with Gasteiger partial charge in [0.1, 0.15) is 23.8 Å². The maximum atomic E-state index is 12.4. The zero-order valence-corrected chi connectivity index (χ0v) is 14.6. The number of aromatic nitrogens is 4. The van der Waals surface area contributed by atoms with Crippen molar-refractivity contribution >= 4 is 23.3 Å². The molecule has 3 heterocycles. The first-order chi connectivity index (χ1) is 13.7. The molecule has 0 spiro atoms. The standard InChI is InChI=1S/C17H14F3N7O2/c18-17(19,20)8-23-13-6-9(4-5-22-13)10-2-1-3-11(25-10)16(29)26-12-7-24-27-14(12)15(21)28/h1-7H,8H2,(H2,21,28)(H,22,23)(H,24,27)(H,26,29). The average molecular weight is 405 g/mol. The van der Waals surface area contributed by atoms with E-state index in [1.54, 1.807) is 18.2 Å². The van der Waals surface area contributed by atoms with Crippen LogP contribution in [0.1, 0.15) is 21.0 Å². The molecule has 0 saturated carbocycles. The molecule has 3 aromatic rings. The van der Waals surface area contributed by atoms with Crippen LogP contribution in [0, 0.1) is 0 Å². The highest BCUT2D eigenvalue weighted by atomic mass is 19.4. The van der Waals surface area contributed by atoms with Gasteiger partial charge in [-0.2, -0.15) is 18.3 Å². The molecule has 0 unspecified atom stereocenters. The summed E-state index contributed by atoms with van der Waals surface area (Å²) in [6.45, 7) is -1.23. The number of nitrogens with two attached hydrogens (primary N) is 1. The first-order valence-electron chi connectivity index (χ1n) is 8.11. The molecule has 0 aliphatic carbocycles. The largest absolute Gasteiger partial charge is 0.405 e. The maximum absolute atomic E-state index is 12.4. The highest BCUT2D eigenvalue weighted by molar-refractivity contribution is 6.07. The summed E-state index contributed by atoms with van der Waals surface area (Å²) in [5, 5.41) is 10.7. The van der Waals surface area contributed by atoms with Crippen molar-refractivity contribution in [1.82, 2.24) is 20.2 Å². The summed E-state index contributed by atoms with van der Waals surface area (Å²) < 4.78 is 37.1. The van der Waals surface area contributed by atoms with Crippen LogP contribution in [0.2, 0.25) is 0 Å². The van der Waals surface area contributed by atoms with Crippen molar-refractivity contribution in [3.05, 3.63) is 54.1 Å². The van der Waals surface area contributed by atoms with Crippen LogP contribution in [0.4, 0.5) is 24.7 Å². The molecular formula is C17H14F3N7O2. The molecule has 0 fully saturated rings. The highest BCUT2D eigenvalue weighted by Gasteiger charge is 2.26. The van der Waals surface area contributed by atoms with E-state index in [0.29, 0.717) is 11.3 Å². The van der Waals surface area contributed by atoms with E-state index >= 15 is 0 Å². The van der Waals surface area contributed by atoms with Gasteiger partial charge < -0.3 is 16.4 Å². The van der Waals surface area contributed by atoms with Gasteiger partial charge in [0.25, 0.3) is 11.8 Å². The van der Waals surface area contributed by atoms with Gasteiger partial charge in [-0.1, -0.05) is 6.07 Å². The van der Waals surface area contributed by atoms with Gasteiger partial charge in [0, 0.05) is 11.8 Å². The number of primary amides is 1. The number of amides is 2. The van der Waals surface area contributed by atoms with E-state index in [4.69, 9.17) is 5.73 Å². The molecule has 0 aliphatic rings. The van der Waals surface area contributed by atoms with E-state index in [0.717, 1.165) is 0 Å². The number of nitrogens with zero attached hydrogens (tertiary/aromatic N) is 3. The number of nitrogens with one attached hydrogen (secondary N) is 3. The number of rotatable bonds is 6. The lowest BCUT2D eigenvalue weighted by atomic mass is 10.1. The topological polar surface area (TPSA) is 139 Å². The molecule has 0 radical (unpaired) electrons. The van der Waals surface area contributed by atoms with Crippen molar-refractivity contribution < 1.29 is 22.8 Å². The Hall–Kier alpha value is -3.96. The third-order valence-electron chi connectivity index (χ3n) is 3.64. The lowest BCUT2D eigenvalue weighted by molar-refractivity contribution is -0.115. The normalized spacial score (nSPS) is 11.1. The number of alkyl halides is 3. The predicted molar refractivity (Wildman–Crippen MR) is 97.1 cm³/mol. The second-order valence-corrected chi connectivity index (χ2v) is 5.78. The summed E-state index contributed by atoms with van der Waals surface area (Å²) in [5.74, 6) is -1.41. The molecule has 9 nitrogen and oxygen atoms in total. The van der Waals surface area contributed by atoms with Crippen LogP contribution in [-0.2, 0) is 0 Å². The highest BCUT2D eigenvalue weighted by Crippen LogP contribution is 2.22. The number of halogens is 3. The van der Waals surface area contributed by atoms with Crippen LogP contribution >= 0.6 is 0 Å². The molecule has 5 N–H and O–H groups in total.